The second-order valence-corrected chi connectivity index (χ2v) is 4.83. The fourth-order valence-corrected chi connectivity index (χ4v) is 1.89. The third kappa shape index (κ3) is 3.98. The zero-order valence-electron chi connectivity index (χ0n) is 9.65. The van der Waals surface area contributed by atoms with E-state index in [0.717, 1.165) is 9.13 Å². The average molecular weight is 368 g/mol. The number of nitrogens with zero attached hydrogens (tertiary/aromatic N) is 3. The second kappa shape index (κ2) is 6.23. The van der Waals surface area contributed by atoms with Crippen molar-refractivity contribution in [2.24, 2.45) is 5.10 Å². The molecule has 1 N–H and O–H groups in total. The Morgan fingerprint density at radius 2 is 2.21 bits per heavy atom. The molecule has 0 unspecified atom stereocenters. The van der Waals surface area contributed by atoms with Gasteiger partial charge in [0.2, 0.25) is 0 Å². The first-order valence-corrected chi connectivity index (χ1v) is 6.38. The maximum Gasteiger partial charge on any atom is 0.287 e. The average Bonchev–Trinajstić information content (AvgIpc) is 2.39. The Morgan fingerprint density at radius 1 is 1.37 bits per heavy atom. The second-order valence-electron chi connectivity index (χ2n) is 3.58. The van der Waals surface area contributed by atoms with Crippen LogP contribution in [0, 0.1) is 13.7 Å². The maximum absolute atomic E-state index is 10.5. The normalized spacial score (nSPS) is 10.6. The lowest BCUT2D eigenvalue weighted by atomic mass is 10.2. The van der Waals surface area contributed by atoms with Gasteiger partial charge in [-0.05, 0) is 46.4 Å². The summed E-state index contributed by atoms with van der Waals surface area (Å²) in [6.45, 7) is 0. The van der Waals surface area contributed by atoms with Crippen molar-refractivity contribution in [1.82, 2.24) is 4.98 Å². The first kappa shape index (κ1) is 13.4. The highest BCUT2D eigenvalue weighted by molar-refractivity contribution is 14.1. The van der Waals surface area contributed by atoms with Gasteiger partial charge in [-0.15, -0.1) is 0 Å². The van der Waals surface area contributed by atoms with Crippen LogP contribution in [0.25, 0.3) is 0 Å². The third-order valence-electron chi connectivity index (χ3n) is 2.20. The van der Waals surface area contributed by atoms with Crippen LogP contribution in [0.15, 0.2) is 47.7 Å². The first-order chi connectivity index (χ1) is 9.15. The van der Waals surface area contributed by atoms with Crippen LogP contribution < -0.4 is 5.43 Å². The van der Waals surface area contributed by atoms with E-state index in [0.29, 0.717) is 5.82 Å². The lowest BCUT2D eigenvalue weighted by Gasteiger charge is -1.98. The first-order valence-electron chi connectivity index (χ1n) is 5.30. The summed E-state index contributed by atoms with van der Waals surface area (Å²) in [6.07, 6.45) is 2.84. The van der Waals surface area contributed by atoms with Gasteiger partial charge in [-0.1, -0.05) is 12.1 Å². The van der Waals surface area contributed by atoms with E-state index < -0.39 is 4.92 Å². The van der Waals surface area contributed by atoms with Gasteiger partial charge in [0.1, 0.15) is 12.0 Å². The molecule has 0 aliphatic carbocycles. The molecule has 6 nitrogen and oxygen atoms in total. The van der Waals surface area contributed by atoms with Crippen molar-refractivity contribution in [2.45, 2.75) is 0 Å². The van der Waals surface area contributed by atoms with Crippen LogP contribution in [0.5, 0.6) is 0 Å². The SMILES string of the molecule is O=[N+]([O-])c1ccc(NN=Cc2cccc(I)c2)nc1. The summed E-state index contributed by atoms with van der Waals surface area (Å²) in [7, 11) is 0. The summed E-state index contributed by atoms with van der Waals surface area (Å²) in [6, 6.07) is 10.7. The molecule has 0 aliphatic heterocycles. The lowest BCUT2D eigenvalue weighted by Crippen LogP contribution is -1.95. The number of rotatable bonds is 4. The highest BCUT2D eigenvalue weighted by Crippen LogP contribution is 2.11. The predicted molar refractivity (Wildman–Crippen MR) is 81.3 cm³/mol. The number of aromatic nitrogens is 1. The Morgan fingerprint density at radius 3 is 2.84 bits per heavy atom. The van der Waals surface area contributed by atoms with Gasteiger partial charge >= 0.3 is 0 Å². The van der Waals surface area contributed by atoms with Gasteiger partial charge in [-0.25, -0.2) is 4.98 Å². The molecular formula is C12H9IN4O2. The summed E-state index contributed by atoms with van der Waals surface area (Å²) < 4.78 is 1.12. The van der Waals surface area contributed by atoms with Gasteiger partial charge in [0.05, 0.1) is 11.1 Å². The van der Waals surface area contributed by atoms with Crippen molar-refractivity contribution in [3.63, 3.8) is 0 Å². The van der Waals surface area contributed by atoms with Crippen LogP contribution >= 0.6 is 22.6 Å². The number of benzene rings is 1. The lowest BCUT2D eigenvalue weighted by molar-refractivity contribution is -0.385. The van der Waals surface area contributed by atoms with E-state index in [9.17, 15) is 10.1 Å². The molecule has 0 saturated heterocycles. The standard InChI is InChI=1S/C12H9IN4O2/c13-10-3-1-2-9(6-10)7-15-16-12-5-4-11(8-14-12)17(18)19/h1-8H,(H,14,16). The summed E-state index contributed by atoms with van der Waals surface area (Å²) in [5.41, 5.74) is 3.62. The minimum absolute atomic E-state index is 0.0489. The monoisotopic (exact) mass is 368 g/mol. The third-order valence-corrected chi connectivity index (χ3v) is 2.87. The molecule has 0 aliphatic rings. The van der Waals surface area contributed by atoms with E-state index in [-0.39, 0.29) is 5.69 Å². The Balaban J connectivity index is 2.00. The Labute approximate surface area is 122 Å². The number of anilines is 1. The Hall–Kier alpha value is -2.03. The van der Waals surface area contributed by atoms with Crippen LogP contribution in [0.2, 0.25) is 0 Å². The van der Waals surface area contributed by atoms with Crippen molar-refractivity contribution < 1.29 is 4.92 Å². The van der Waals surface area contributed by atoms with Crippen molar-refractivity contribution in [1.29, 1.82) is 0 Å². The van der Waals surface area contributed by atoms with Gasteiger partial charge in [0.25, 0.3) is 5.69 Å². The maximum atomic E-state index is 10.5. The van der Waals surface area contributed by atoms with Gasteiger partial charge in [-0.2, -0.15) is 5.10 Å². The molecule has 0 bridgehead atoms. The molecule has 0 saturated carbocycles. The number of hydrogen-bond donors (Lipinski definition) is 1. The van der Waals surface area contributed by atoms with Crippen molar-refractivity contribution >= 4 is 40.3 Å². The molecule has 0 spiro atoms. The molecule has 2 aromatic rings. The van der Waals surface area contributed by atoms with Crippen molar-refractivity contribution in [3.05, 3.63) is 61.8 Å². The molecule has 7 heteroatoms. The minimum Gasteiger partial charge on any atom is -0.261 e. The van der Waals surface area contributed by atoms with Crippen LogP contribution in [-0.2, 0) is 0 Å². The Kier molecular flexibility index (Phi) is 4.39. The van der Waals surface area contributed by atoms with Crippen LogP contribution in [0.4, 0.5) is 11.5 Å². The number of halogens is 1. The molecule has 1 heterocycles. The summed E-state index contributed by atoms with van der Waals surface area (Å²) in [5.74, 6) is 0.451. The van der Waals surface area contributed by atoms with Crippen molar-refractivity contribution in [2.75, 3.05) is 5.43 Å². The smallest absolute Gasteiger partial charge is 0.261 e. The molecule has 0 amide bonds. The van der Waals surface area contributed by atoms with Gasteiger partial charge < -0.3 is 0 Å². The predicted octanol–water partition coefficient (Wildman–Crippen LogP) is 3.04. The summed E-state index contributed by atoms with van der Waals surface area (Å²) in [5, 5.41) is 14.5. The molecule has 0 atom stereocenters. The zero-order valence-corrected chi connectivity index (χ0v) is 11.8. The molecule has 19 heavy (non-hydrogen) atoms. The highest BCUT2D eigenvalue weighted by atomic mass is 127. The van der Waals surface area contributed by atoms with E-state index in [4.69, 9.17) is 0 Å². The topological polar surface area (TPSA) is 80.4 Å². The molecule has 0 radical (unpaired) electrons. The molecule has 1 aromatic heterocycles. The van der Waals surface area contributed by atoms with E-state index in [1.807, 2.05) is 24.3 Å². The number of nitro groups is 1. The molecular weight excluding hydrogens is 359 g/mol. The minimum atomic E-state index is -0.494. The van der Waals surface area contributed by atoms with Gasteiger partial charge in [0.15, 0.2) is 0 Å². The summed E-state index contributed by atoms with van der Waals surface area (Å²) in [4.78, 5) is 13.8. The van der Waals surface area contributed by atoms with Gasteiger partial charge in [0, 0.05) is 9.64 Å². The number of nitrogens with one attached hydrogen (secondary N) is 1. The van der Waals surface area contributed by atoms with E-state index in [1.54, 1.807) is 6.21 Å². The Bertz CT molecular complexity index is 613. The number of pyridine rings is 1. The quantitative estimate of drug-likeness (QED) is 0.389. The van der Waals surface area contributed by atoms with Crippen LogP contribution in [0.3, 0.4) is 0 Å². The fourth-order valence-electron chi connectivity index (χ4n) is 1.32. The number of hydrazone groups is 1. The van der Waals surface area contributed by atoms with Crippen molar-refractivity contribution in [3.8, 4) is 0 Å². The molecule has 0 fully saturated rings. The largest absolute Gasteiger partial charge is 0.287 e. The van der Waals surface area contributed by atoms with Crippen LogP contribution in [-0.4, -0.2) is 16.1 Å². The molecule has 96 valence electrons. The summed E-state index contributed by atoms with van der Waals surface area (Å²) >= 11 is 2.22. The number of hydrogen-bond acceptors (Lipinski definition) is 5. The zero-order chi connectivity index (χ0) is 13.7. The van der Waals surface area contributed by atoms with E-state index in [1.165, 1.54) is 18.3 Å². The van der Waals surface area contributed by atoms with E-state index >= 15 is 0 Å². The molecule has 2 rings (SSSR count). The van der Waals surface area contributed by atoms with E-state index in [2.05, 4.69) is 38.1 Å². The fraction of sp³-hybridized carbons (Fsp3) is 0. The molecule has 1 aromatic carbocycles. The van der Waals surface area contributed by atoms with Gasteiger partial charge in [-0.3, -0.25) is 15.5 Å². The van der Waals surface area contributed by atoms with Crippen LogP contribution in [0.1, 0.15) is 5.56 Å². The highest BCUT2D eigenvalue weighted by Gasteiger charge is 2.04.